The van der Waals surface area contributed by atoms with E-state index < -0.39 is 0 Å². The second-order valence-corrected chi connectivity index (χ2v) is 4.79. The second-order valence-electron chi connectivity index (χ2n) is 4.79. The van der Waals surface area contributed by atoms with Crippen LogP contribution in [0.15, 0.2) is 42.5 Å². The predicted molar refractivity (Wildman–Crippen MR) is 81.3 cm³/mol. The molecule has 0 atom stereocenters. The number of benzene rings is 2. The van der Waals surface area contributed by atoms with Crippen LogP contribution >= 0.6 is 0 Å². The molecule has 1 N–H and O–H groups in total. The van der Waals surface area contributed by atoms with Gasteiger partial charge in [0, 0.05) is 6.54 Å². The van der Waals surface area contributed by atoms with Gasteiger partial charge in [-0.15, -0.1) is 0 Å². The minimum Gasteiger partial charge on any atom is -0.493 e. The van der Waals surface area contributed by atoms with Gasteiger partial charge in [-0.1, -0.05) is 30.3 Å². The molecule has 0 bridgehead atoms. The number of methoxy groups -OCH3 is 1. The van der Waals surface area contributed by atoms with Crippen molar-refractivity contribution in [3.05, 3.63) is 59.2 Å². The van der Waals surface area contributed by atoms with Gasteiger partial charge >= 0.3 is 0 Å². The fraction of sp³-hybridized carbons (Fsp3) is 0.294. The van der Waals surface area contributed by atoms with Crippen LogP contribution in [0, 0.1) is 6.92 Å². The Morgan fingerprint density at radius 3 is 2.55 bits per heavy atom. The van der Waals surface area contributed by atoms with Crippen LogP contribution in [0.5, 0.6) is 11.5 Å². The number of ether oxygens (including phenoxy) is 2. The van der Waals surface area contributed by atoms with Crippen molar-refractivity contribution in [1.82, 2.24) is 5.32 Å². The average molecular weight is 271 g/mol. The van der Waals surface area contributed by atoms with E-state index in [4.69, 9.17) is 9.47 Å². The first-order valence-electron chi connectivity index (χ1n) is 6.73. The summed E-state index contributed by atoms with van der Waals surface area (Å²) in [6.07, 6.45) is 0. The summed E-state index contributed by atoms with van der Waals surface area (Å²) < 4.78 is 11.2. The molecule has 0 saturated carbocycles. The topological polar surface area (TPSA) is 30.5 Å². The van der Waals surface area contributed by atoms with E-state index in [-0.39, 0.29) is 0 Å². The monoisotopic (exact) mass is 271 g/mol. The first-order valence-corrected chi connectivity index (χ1v) is 6.73. The first kappa shape index (κ1) is 14.4. The molecule has 3 heteroatoms. The Bertz CT molecular complexity index is 567. The van der Waals surface area contributed by atoms with Gasteiger partial charge in [0.2, 0.25) is 0 Å². The minimum atomic E-state index is 0.539. The van der Waals surface area contributed by atoms with Crippen LogP contribution in [-0.4, -0.2) is 14.2 Å². The zero-order valence-electron chi connectivity index (χ0n) is 12.3. The van der Waals surface area contributed by atoms with Crippen molar-refractivity contribution in [1.29, 1.82) is 0 Å². The fourth-order valence-electron chi connectivity index (χ4n) is 2.09. The molecule has 2 aromatic carbocycles. The van der Waals surface area contributed by atoms with E-state index >= 15 is 0 Å². The van der Waals surface area contributed by atoms with Crippen LogP contribution in [0.3, 0.4) is 0 Å². The average Bonchev–Trinajstić information content (AvgIpc) is 2.46. The van der Waals surface area contributed by atoms with Gasteiger partial charge in [-0.05, 0) is 42.8 Å². The van der Waals surface area contributed by atoms with E-state index in [2.05, 4.69) is 29.6 Å². The third-order valence-corrected chi connectivity index (χ3v) is 3.09. The lowest BCUT2D eigenvalue weighted by molar-refractivity contribution is 0.284. The molecule has 0 fully saturated rings. The summed E-state index contributed by atoms with van der Waals surface area (Å²) in [5, 5.41) is 3.15. The Morgan fingerprint density at radius 1 is 1.00 bits per heavy atom. The molecule has 0 amide bonds. The third kappa shape index (κ3) is 3.75. The molecule has 2 aromatic rings. The molecule has 0 aliphatic heterocycles. The smallest absolute Gasteiger partial charge is 0.161 e. The number of nitrogens with one attached hydrogen (secondary N) is 1. The standard InChI is InChI=1S/C17H21NO2/c1-13-7-8-16(17(9-13)19-3)20-12-15-6-4-5-14(10-15)11-18-2/h4-10,18H,11-12H2,1-3H3. The molecule has 106 valence electrons. The van der Waals surface area contributed by atoms with E-state index in [0.29, 0.717) is 6.61 Å². The SMILES string of the molecule is CNCc1cccc(COc2ccc(C)cc2OC)c1. The van der Waals surface area contributed by atoms with Gasteiger partial charge in [-0.2, -0.15) is 0 Å². The molecular weight excluding hydrogens is 250 g/mol. The summed E-state index contributed by atoms with van der Waals surface area (Å²) in [4.78, 5) is 0. The molecule has 0 aliphatic carbocycles. The third-order valence-electron chi connectivity index (χ3n) is 3.09. The largest absolute Gasteiger partial charge is 0.493 e. The maximum atomic E-state index is 5.86. The lowest BCUT2D eigenvalue weighted by Crippen LogP contribution is -2.05. The molecule has 2 rings (SSSR count). The van der Waals surface area contributed by atoms with E-state index in [9.17, 15) is 0 Å². The maximum absolute atomic E-state index is 5.86. The Kier molecular flexibility index (Phi) is 5.02. The van der Waals surface area contributed by atoms with E-state index in [0.717, 1.165) is 29.2 Å². The second kappa shape index (κ2) is 6.96. The summed E-state index contributed by atoms with van der Waals surface area (Å²) in [7, 11) is 3.61. The zero-order valence-corrected chi connectivity index (χ0v) is 12.3. The molecule has 3 nitrogen and oxygen atoms in total. The summed E-state index contributed by atoms with van der Waals surface area (Å²) in [5.41, 5.74) is 3.56. The molecule has 0 aromatic heterocycles. The van der Waals surface area contributed by atoms with Gasteiger partial charge in [-0.3, -0.25) is 0 Å². The van der Waals surface area contributed by atoms with E-state index in [1.165, 1.54) is 5.56 Å². The highest BCUT2D eigenvalue weighted by Crippen LogP contribution is 2.28. The van der Waals surface area contributed by atoms with Crippen molar-refractivity contribution < 1.29 is 9.47 Å². The molecule has 0 unspecified atom stereocenters. The fourth-order valence-corrected chi connectivity index (χ4v) is 2.09. The molecule has 0 heterocycles. The molecule has 20 heavy (non-hydrogen) atoms. The highest BCUT2D eigenvalue weighted by molar-refractivity contribution is 5.42. The van der Waals surface area contributed by atoms with Crippen molar-refractivity contribution in [2.75, 3.05) is 14.2 Å². The van der Waals surface area contributed by atoms with Gasteiger partial charge in [0.05, 0.1) is 7.11 Å². The van der Waals surface area contributed by atoms with Crippen LogP contribution < -0.4 is 14.8 Å². The lowest BCUT2D eigenvalue weighted by atomic mass is 10.1. The Labute approximate surface area is 120 Å². The van der Waals surface area contributed by atoms with Gasteiger partial charge < -0.3 is 14.8 Å². The van der Waals surface area contributed by atoms with E-state index in [1.807, 2.05) is 32.2 Å². The van der Waals surface area contributed by atoms with Gasteiger partial charge in [0.15, 0.2) is 11.5 Å². The molecule has 0 radical (unpaired) electrons. The molecule has 0 aliphatic rings. The lowest BCUT2D eigenvalue weighted by Gasteiger charge is -2.12. The minimum absolute atomic E-state index is 0.539. The highest BCUT2D eigenvalue weighted by atomic mass is 16.5. The van der Waals surface area contributed by atoms with Gasteiger partial charge in [-0.25, -0.2) is 0 Å². The van der Waals surface area contributed by atoms with Crippen molar-refractivity contribution in [3.63, 3.8) is 0 Å². The van der Waals surface area contributed by atoms with Gasteiger partial charge in [0.25, 0.3) is 0 Å². The number of aryl methyl sites for hydroxylation is 1. The summed E-state index contributed by atoms with van der Waals surface area (Å²) in [5.74, 6) is 1.55. The van der Waals surface area contributed by atoms with Gasteiger partial charge in [0.1, 0.15) is 6.61 Å². The van der Waals surface area contributed by atoms with Crippen molar-refractivity contribution in [3.8, 4) is 11.5 Å². The van der Waals surface area contributed by atoms with Crippen LogP contribution in [0.25, 0.3) is 0 Å². The quantitative estimate of drug-likeness (QED) is 0.874. The highest BCUT2D eigenvalue weighted by Gasteiger charge is 2.05. The molecule has 0 saturated heterocycles. The summed E-state index contributed by atoms with van der Waals surface area (Å²) >= 11 is 0. The number of hydrogen-bond acceptors (Lipinski definition) is 3. The van der Waals surface area contributed by atoms with Crippen molar-refractivity contribution >= 4 is 0 Å². The Morgan fingerprint density at radius 2 is 1.80 bits per heavy atom. The zero-order chi connectivity index (χ0) is 14.4. The molecular formula is C17H21NO2. The molecule has 0 spiro atoms. The van der Waals surface area contributed by atoms with Crippen LogP contribution in [-0.2, 0) is 13.2 Å². The summed E-state index contributed by atoms with van der Waals surface area (Å²) in [6.45, 7) is 3.44. The Balaban J connectivity index is 2.06. The summed E-state index contributed by atoms with van der Waals surface area (Å²) in [6, 6.07) is 14.3. The normalized spacial score (nSPS) is 10.3. The predicted octanol–water partition coefficient (Wildman–Crippen LogP) is 3.30. The number of hydrogen-bond donors (Lipinski definition) is 1. The van der Waals surface area contributed by atoms with E-state index in [1.54, 1.807) is 7.11 Å². The van der Waals surface area contributed by atoms with Crippen LogP contribution in [0.1, 0.15) is 16.7 Å². The van der Waals surface area contributed by atoms with Crippen LogP contribution in [0.4, 0.5) is 0 Å². The number of rotatable bonds is 6. The first-order chi connectivity index (χ1) is 9.72. The van der Waals surface area contributed by atoms with Crippen LogP contribution in [0.2, 0.25) is 0 Å². The maximum Gasteiger partial charge on any atom is 0.161 e. The van der Waals surface area contributed by atoms with Crippen molar-refractivity contribution in [2.24, 2.45) is 0 Å². The van der Waals surface area contributed by atoms with Crippen molar-refractivity contribution in [2.45, 2.75) is 20.1 Å². The Hall–Kier alpha value is -2.00.